The Morgan fingerprint density at radius 2 is 1.95 bits per heavy atom. The molecule has 2 heterocycles. The molecule has 0 aliphatic carbocycles. The highest BCUT2D eigenvalue weighted by Crippen LogP contribution is 2.31. The fourth-order valence-corrected chi connectivity index (χ4v) is 5.18. The fraction of sp³-hybridized carbons (Fsp3) is 0.588. The van der Waals surface area contributed by atoms with Gasteiger partial charge in [0.15, 0.2) is 4.34 Å². The van der Waals surface area contributed by atoms with Crippen molar-refractivity contribution in [3.05, 3.63) is 23.2 Å². The van der Waals surface area contributed by atoms with Crippen LogP contribution < -0.4 is 0 Å². The zero-order valence-electron chi connectivity index (χ0n) is 12.9. The third-order valence-electron chi connectivity index (χ3n) is 4.12. The first kappa shape index (κ1) is 16.6. The van der Waals surface area contributed by atoms with E-state index in [9.17, 15) is 0 Å². The van der Waals surface area contributed by atoms with E-state index in [2.05, 4.69) is 16.0 Å². The number of halogens is 1. The molecule has 120 valence electrons. The summed E-state index contributed by atoms with van der Waals surface area (Å²) in [5.74, 6) is 1.17. The van der Waals surface area contributed by atoms with E-state index in [1.807, 2.05) is 23.9 Å². The predicted octanol–water partition coefficient (Wildman–Crippen LogP) is 5.70. The minimum Gasteiger partial charge on any atom is -0.303 e. The smallest absolute Gasteiger partial charge is 0.151 e. The summed E-state index contributed by atoms with van der Waals surface area (Å²) < 4.78 is 2.41. The topological polar surface area (TPSA) is 16.1 Å². The number of thiazole rings is 1. The van der Waals surface area contributed by atoms with Gasteiger partial charge < -0.3 is 4.90 Å². The zero-order valence-corrected chi connectivity index (χ0v) is 15.3. The Morgan fingerprint density at radius 1 is 1.14 bits per heavy atom. The van der Waals surface area contributed by atoms with Crippen LogP contribution in [0.15, 0.2) is 22.5 Å². The lowest BCUT2D eigenvalue weighted by Crippen LogP contribution is -2.25. The molecule has 0 amide bonds. The molecule has 1 saturated heterocycles. The van der Waals surface area contributed by atoms with Crippen LogP contribution in [-0.2, 0) is 0 Å². The van der Waals surface area contributed by atoms with E-state index >= 15 is 0 Å². The zero-order chi connectivity index (χ0) is 15.2. The first-order valence-corrected chi connectivity index (χ1v) is 10.4. The third kappa shape index (κ3) is 4.85. The van der Waals surface area contributed by atoms with Crippen molar-refractivity contribution in [2.24, 2.45) is 0 Å². The van der Waals surface area contributed by atoms with Crippen molar-refractivity contribution in [2.45, 2.75) is 42.9 Å². The monoisotopic (exact) mass is 354 g/mol. The normalized spacial score (nSPS) is 17.0. The van der Waals surface area contributed by atoms with Crippen molar-refractivity contribution < 1.29 is 0 Å². The second-order valence-corrected chi connectivity index (χ2v) is 8.71. The summed E-state index contributed by atoms with van der Waals surface area (Å²) in [6.45, 7) is 3.90. The highest BCUT2D eigenvalue weighted by Gasteiger charge is 2.08. The Balaban J connectivity index is 1.38. The number of rotatable bonds is 6. The van der Waals surface area contributed by atoms with Gasteiger partial charge in [-0.2, -0.15) is 0 Å². The van der Waals surface area contributed by atoms with Crippen molar-refractivity contribution in [3.63, 3.8) is 0 Å². The predicted molar refractivity (Wildman–Crippen MR) is 99.5 cm³/mol. The van der Waals surface area contributed by atoms with Crippen molar-refractivity contribution >= 4 is 44.9 Å². The highest BCUT2D eigenvalue weighted by molar-refractivity contribution is 8.01. The molecule has 0 saturated carbocycles. The summed E-state index contributed by atoms with van der Waals surface area (Å²) >= 11 is 9.68. The Morgan fingerprint density at radius 3 is 2.77 bits per heavy atom. The summed E-state index contributed by atoms with van der Waals surface area (Å²) in [6.07, 6.45) is 8.22. The number of thioether (sulfide) groups is 1. The van der Waals surface area contributed by atoms with Gasteiger partial charge in [0.1, 0.15) is 0 Å². The fourth-order valence-electron chi connectivity index (χ4n) is 2.90. The number of likely N-dealkylation sites (tertiary alicyclic amines) is 1. The van der Waals surface area contributed by atoms with Gasteiger partial charge in [0, 0.05) is 10.8 Å². The molecule has 1 aliphatic heterocycles. The summed E-state index contributed by atoms with van der Waals surface area (Å²) in [5.41, 5.74) is 1.03. The van der Waals surface area contributed by atoms with Crippen molar-refractivity contribution in [1.82, 2.24) is 9.88 Å². The average Bonchev–Trinajstić information content (AvgIpc) is 2.73. The van der Waals surface area contributed by atoms with Crippen molar-refractivity contribution in [3.8, 4) is 0 Å². The van der Waals surface area contributed by atoms with Crippen LogP contribution in [0.2, 0.25) is 5.02 Å². The second kappa shape index (κ2) is 8.53. The molecule has 1 aromatic heterocycles. The first-order valence-electron chi connectivity index (χ1n) is 8.22. The van der Waals surface area contributed by atoms with E-state index < -0.39 is 0 Å². The maximum atomic E-state index is 6.01. The van der Waals surface area contributed by atoms with Crippen LogP contribution in [0.4, 0.5) is 0 Å². The lowest BCUT2D eigenvalue weighted by atomic mass is 10.2. The van der Waals surface area contributed by atoms with Crippen LogP contribution in [0.3, 0.4) is 0 Å². The molecule has 0 unspecified atom stereocenters. The molecule has 0 N–H and O–H groups in total. The first-order chi connectivity index (χ1) is 10.8. The average molecular weight is 355 g/mol. The highest BCUT2D eigenvalue weighted by atomic mass is 35.5. The van der Waals surface area contributed by atoms with E-state index in [1.54, 1.807) is 11.3 Å². The largest absolute Gasteiger partial charge is 0.303 e. The standard InChI is InChI=1S/C17H23ClN2S2/c18-14-7-8-16-15(13-14)19-17(22-16)21-12-6-5-11-20-9-3-1-2-4-10-20/h7-8,13H,1-6,9-12H2. The maximum Gasteiger partial charge on any atom is 0.151 e. The minimum atomic E-state index is 0.770. The third-order valence-corrected chi connectivity index (χ3v) is 6.62. The van der Waals surface area contributed by atoms with Gasteiger partial charge in [-0.05, 0) is 63.5 Å². The lowest BCUT2D eigenvalue weighted by Gasteiger charge is -2.19. The molecule has 5 heteroatoms. The summed E-state index contributed by atoms with van der Waals surface area (Å²) in [5, 5.41) is 0.770. The molecular formula is C17H23ClN2S2. The van der Waals surface area contributed by atoms with E-state index in [0.29, 0.717) is 0 Å². The molecule has 1 aromatic carbocycles. The Kier molecular flexibility index (Phi) is 6.42. The molecule has 0 radical (unpaired) electrons. The molecule has 3 rings (SSSR count). The van der Waals surface area contributed by atoms with Crippen LogP contribution >= 0.6 is 34.7 Å². The number of aromatic nitrogens is 1. The number of benzene rings is 1. The molecule has 1 fully saturated rings. The summed E-state index contributed by atoms with van der Waals surface area (Å²) in [6, 6.07) is 5.97. The van der Waals surface area contributed by atoms with Gasteiger partial charge in [0.05, 0.1) is 10.2 Å². The van der Waals surface area contributed by atoms with Crippen LogP contribution in [-0.4, -0.2) is 35.3 Å². The lowest BCUT2D eigenvalue weighted by molar-refractivity contribution is 0.281. The Bertz CT molecular complexity index is 591. The number of hydrogen-bond acceptors (Lipinski definition) is 4. The molecule has 0 bridgehead atoms. The molecule has 22 heavy (non-hydrogen) atoms. The van der Waals surface area contributed by atoms with E-state index in [4.69, 9.17) is 11.6 Å². The number of unbranched alkanes of at least 4 members (excludes halogenated alkanes) is 1. The van der Waals surface area contributed by atoms with Gasteiger partial charge in [-0.1, -0.05) is 36.2 Å². The Hall–Kier alpha value is -0.290. The molecular weight excluding hydrogens is 332 g/mol. The quantitative estimate of drug-likeness (QED) is 0.489. The van der Waals surface area contributed by atoms with Crippen LogP contribution in [0, 0.1) is 0 Å². The van der Waals surface area contributed by atoms with E-state index in [1.165, 1.54) is 73.0 Å². The van der Waals surface area contributed by atoms with Gasteiger partial charge >= 0.3 is 0 Å². The molecule has 2 aromatic rings. The molecule has 0 spiro atoms. The van der Waals surface area contributed by atoms with Gasteiger partial charge in [-0.25, -0.2) is 4.98 Å². The van der Waals surface area contributed by atoms with Crippen LogP contribution in [0.25, 0.3) is 10.2 Å². The number of nitrogens with zero attached hydrogens (tertiary/aromatic N) is 2. The van der Waals surface area contributed by atoms with Gasteiger partial charge in [0.25, 0.3) is 0 Å². The van der Waals surface area contributed by atoms with Gasteiger partial charge in [-0.15, -0.1) is 11.3 Å². The Labute approximate surface area is 146 Å². The second-order valence-electron chi connectivity index (χ2n) is 5.90. The molecule has 0 atom stereocenters. The summed E-state index contributed by atoms with van der Waals surface area (Å²) in [7, 11) is 0. The number of fused-ring (bicyclic) bond motifs is 1. The van der Waals surface area contributed by atoms with Crippen molar-refractivity contribution in [1.29, 1.82) is 0 Å². The van der Waals surface area contributed by atoms with Crippen LogP contribution in [0.1, 0.15) is 38.5 Å². The number of hydrogen-bond donors (Lipinski definition) is 0. The maximum absolute atomic E-state index is 6.01. The van der Waals surface area contributed by atoms with Crippen molar-refractivity contribution in [2.75, 3.05) is 25.4 Å². The van der Waals surface area contributed by atoms with Gasteiger partial charge in [-0.3, -0.25) is 0 Å². The SMILES string of the molecule is Clc1ccc2sc(SCCCCN3CCCCCC3)nc2c1. The molecule has 2 nitrogen and oxygen atoms in total. The summed E-state index contributed by atoms with van der Waals surface area (Å²) in [4.78, 5) is 7.31. The van der Waals surface area contributed by atoms with E-state index in [0.717, 1.165) is 10.5 Å². The molecule has 1 aliphatic rings. The van der Waals surface area contributed by atoms with Gasteiger partial charge in [0.2, 0.25) is 0 Å². The van der Waals surface area contributed by atoms with E-state index in [-0.39, 0.29) is 0 Å². The van der Waals surface area contributed by atoms with Crippen LogP contribution in [0.5, 0.6) is 0 Å². The minimum absolute atomic E-state index is 0.770.